The van der Waals surface area contributed by atoms with Gasteiger partial charge in [-0.05, 0) is 27.9 Å². The first-order chi connectivity index (χ1) is 5.39. The number of halogens is 1. The SMILES string of the molecule is C=CC(C(C)=O)(C(C)=O)N(C)C.Cl. The maximum absolute atomic E-state index is 11.2. The van der Waals surface area contributed by atoms with E-state index in [0.29, 0.717) is 0 Å². The largest absolute Gasteiger partial charge is 0.297 e. The second-order valence-corrected chi connectivity index (χ2v) is 2.98. The van der Waals surface area contributed by atoms with Crippen molar-refractivity contribution in [2.24, 2.45) is 0 Å². The highest BCUT2D eigenvalue weighted by Crippen LogP contribution is 2.16. The Morgan fingerprint density at radius 3 is 1.54 bits per heavy atom. The Hall–Kier alpha value is -0.670. The van der Waals surface area contributed by atoms with Gasteiger partial charge in [-0.1, -0.05) is 6.08 Å². The maximum atomic E-state index is 11.2. The molecule has 13 heavy (non-hydrogen) atoms. The number of rotatable bonds is 4. The lowest BCUT2D eigenvalue weighted by Gasteiger charge is -2.31. The van der Waals surface area contributed by atoms with E-state index >= 15 is 0 Å². The number of hydrogen-bond donors (Lipinski definition) is 0. The number of hydrogen-bond acceptors (Lipinski definition) is 3. The second-order valence-electron chi connectivity index (χ2n) is 2.98. The van der Waals surface area contributed by atoms with E-state index in [1.54, 1.807) is 19.0 Å². The Balaban J connectivity index is 0. The van der Waals surface area contributed by atoms with Crippen LogP contribution in [-0.4, -0.2) is 36.1 Å². The zero-order valence-corrected chi connectivity index (χ0v) is 9.27. The normalized spacial score (nSPS) is 10.5. The molecule has 0 bridgehead atoms. The van der Waals surface area contributed by atoms with Gasteiger partial charge in [-0.3, -0.25) is 14.5 Å². The third-order valence-electron chi connectivity index (χ3n) is 2.07. The van der Waals surface area contributed by atoms with Crippen LogP contribution in [0.2, 0.25) is 0 Å². The zero-order chi connectivity index (χ0) is 9.94. The van der Waals surface area contributed by atoms with Crippen molar-refractivity contribution in [1.82, 2.24) is 4.90 Å². The zero-order valence-electron chi connectivity index (χ0n) is 8.46. The summed E-state index contributed by atoms with van der Waals surface area (Å²) in [7, 11) is 3.37. The molecule has 0 aromatic carbocycles. The maximum Gasteiger partial charge on any atom is 0.161 e. The topological polar surface area (TPSA) is 37.4 Å². The fourth-order valence-corrected chi connectivity index (χ4v) is 1.35. The third-order valence-corrected chi connectivity index (χ3v) is 2.07. The van der Waals surface area contributed by atoms with Gasteiger partial charge in [-0.25, -0.2) is 0 Å². The lowest BCUT2D eigenvalue weighted by molar-refractivity contribution is -0.136. The fraction of sp³-hybridized carbons (Fsp3) is 0.556. The predicted molar refractivity (Wildman–Crippen MR) is 55.2 cm³/mol. The average Bonchev–Trinajstić information content (AvgIpc) is 1.86. The monoisotopic (exact) mass is 205 g/mol. The van der Waals surface area contributed by atoms with Gasteiger partial charge in [-0.15, -0.1) is 19.0 Å². The molecule has 0 rings (SSSR count). The number of ketones is 2. The second kappa shape index (κ2) is 5.14. The van der Waals surface area contributed by atoms with Gasteiger partial charge in [0, 0.05) is 0 Å². The smallest absolute Gasteiger partial charge is 0.161 e. The van der Waals surface area contributed by atoms with Crippen molar-refractivity contribution in [2.75, 3.05) is 14.1 Å². The van der Waals surface area contributed by atoms with Crippen LogP contribution in [0.3, 0.4) is 0 Å². The Morgan fingerprint density at radius 2 is 1.54 bits per heavy atom. The minimum Gasteiger partial charge on any atom is -0.297 e. The van der Waals surface area contributed by atoms with Gasteiger partial charge < -0.3 is 0 Å². The highest BCUT2D eigenvalue weighted by molar-refractivity contribution is 6.11. The molecule has 4 heteroatoms. The molecule has 76 valence electrons. The summed E-state index contributed by atoms with van der Waals surface area (Å²) in [5.74, 6) is -0.398. The molecule has 0 aromatic heterocycles. The Bertz CT molecular complexity index is 210. The minimum atomic E-state index is -1.14. The number of carbonyl (C=O) groups excluding carboxylic acids is 2. The van der Waals surface area contributed by atoms with Crippen molar-refractivity contribution in [3.63, 3.8) is 0 Å². The molecule has 0 aliphatic heterocycles. The first-order valence-electron chi connectivity index (χ1n) is 3.72. The van der Waals surface area contributed by atoms with Gasteiger partial charge in [0.15, 0.2) is 17.1 Å². The molecule has 0 aliphatic carbocycles. The highest BCUT2D eigenvalue weighted by atomic mass is 35.5. The summed E-state index contributed by atoms with van der Waals surface area (Å²) < 4.78 is 0. The highest BCUT2D eigenvalue weighted by Gasteiger charge is 2.39. The Morgan fingerprint density at radius 1 is 1.23 bits per heavy atom. The average molecular weight is 206 g/mol. The third kappa shape index (κ3) is 2.39. The lowest BCUT2D eigenvalue weighted by atomic mass is 9.89. The van der Waals surface area contributed by atoms with E-state index in [1.807, 2.05) is 0 Å². The van der Waals surface area contributed by atoms with Crippen molar-refractivity contribution in [1.29, 1.82) is 0 Å². The van der Waals surface area contributed by atoms with Crippen molar-refractivity contribution in [3.8, 4) is 0 Å². The van der Waals surface area contributed by atoms with Crippen LogP contribution in [0.5, 0.6) is 0 Å². The molecule has 0 unspecified atom stereocenters. The first-order valence-corrected chi connectivity index (χ1v) is 3.72. The molecule has 0 saturated heterocycles. The van der Waals surface area contributed by atoms with Crippen molar-refractivity contribution < 1.29 is 9.59 Å². The molecule has 0 amide bonds. The van der Waals surface area contributed by atoms with Crippen molar-refractivity contribution >= 4 is 24.0 Å². The van der Waals surface area contributed by atoms with E-state index in [1.165, 1.54) is 19.9 Å². The molecule has 3 nitrogen and oxygen atoms in total. The molecule has 0 aliphatic rings. The van der Waals surface area contributed by atoms with Crippen LogP contribution in [0.25, 0.3) is 0 Å². The molecule has 0 fully saturated rings. The van der Waals surface area contributed by atoms with Gasteiger partial charge in [0.05, 0.1) is 0 Å². The summed E-state index contributed by atoms with van der Waals surface area (Å²) in [6, 6.07) is 0. The molecule has 0 atom stereocenters. The van der Waals surface area contributed by atoms with Gasteiger partial charge >= 0.3 is 0 Å². The van der Waals surface area contributed by atoms with Crippen LogP contribution in [-0.2, 0) is 9.59 Å². The number of Topliss-reactive ketones (excluding diaryl/α,β-unsaturated/α-hetero) is 2. The molecule has 0 saturated carbocycles. The molecule has 0 N–H and O–H groups in total. The molecule has 0 spiro atoms. The number of nitrogens with zero attached hydrogens (tertiary/aromatic N) is 1. The molecular formula is C9H16ClNO2. The summed E-state index contributed by atoms with van der Waals surface area (Å²) in [5, 5.41) is 0. The predicted octanol–water partition coefficient (Wildman–Crippen LogP) is 1.07. The van der Waals surface area contributed by atoms with Gasteiger partial charge in [0.2, 0.25) is 0 Å². The van der Waals surface area contributed by atoms with E-state index in [4.69, 9.17) is 0 Å². The van der Waals surface area contributed by atoms with Gasteiger partial charge in [0.25, 0.3) is 0 Å². The van der Waals surface area contributed by atoms with Crippen LogP contribution in [0.15, 0.2) is 12.7 Å². The number of likely N-dealkylation sites (N-methyl/N-ethyl adjacent to an activating group) is 1. The Kier molecular flexibility index (Phi) is 5.87. The summed E-state index contributed by atoms with van der Waals surface area (Å²) >= 11 is 0. The van der Waals surface area contributed by atoms with Crippen LogP contribution in [0, 0.1) is 0 Å². The fourth-order valence-electron chi connectivity index (χ4n) is 1.35. The van der Waals surface area contributed by atoms with E-state index < -0.39 is 5.54 Å². The van der Waals surface area contributed by atoms with Gasteiger partial charge in [-0.2, -0.15) is 0 Å². The van der Waals surface area contributed by atoms with Crippen LogP contribution < -0.4 is 0 Å². The van der Waals surface area contributed by atoms with E-state index in [9.17, 15) is 9.59 Å². The van der Waals surface area contributed by atoms with E-state index in [-0.39, 0.29) is 24.0 Å². The quantitative estimate of drug-likeness (QED) is 0.509. The first kappa shape index (κ1) is 14.8. The summed E-state index contributed by atoms with van der Waals surface area (Å²) in [5.41, 5.74) is -1.14. The summed E-state index contributed by atoms with van der Waals surface area (Å²) in [6.45, 7) is 6.30. The summed E-state index contributed by atoms with van der Waals surface area (Å²) in [4.78, 5) is 24.1. The van der Waals surface area contributed by atoms with E-state index in [2.05, 4.69) is 6.58 Å². The molecule has 0 heterocycles. The van der Waals surface area contributed by atoms with Crippen molar-refractivity contribution in [2.45, 2.75) is 19.4 Å². The van der Waals surface area contributed by atoms with E-state index in [0.717, 1.165) is 0 Å². The molecular weight excluding hydrogens is 190 g/mol. The van der Waals surface area contributed by atoms with Crippen LogP contribution in [0.1, 0.15) is 13.8 Å². The van der Waals surface area contributed by atoms with Crippen molar-refractivity contribution in [3.05, 3.63) is 12.7 Å². The Labute approximate surface area is 85.2 Å². The lowest BCUT2D eigenvalue weighted by Crippen LogP contribution is -2.53. The van der Waals surface area contributed by atoms with Gasteiger partial charge in [0.1, 0.15) is 0 Å². The summed E-state index contributed by atoms with van der Waals surface area (Å²) in [6.07, 6.45) is 1.39. The molecule has 0 radical (unpaired) electrons. The molecule has 0 aromatic rings. The minimum absolute atomic E-state index is 0. The number of carbonyl (C=O) groups is 2. The standard InChI is InChI=1S/C9H15NO2.ClH/c1-6-9(7(2)11,8(3)12)10(4)5;/h6H,1H2,2-5H3;1H. The van der Waals surface area contributed by atoms with Crippen LogP contribution >= 0.6 is 12.4 Å². The van der Waals surface area contributed by atoms with Crippen LogP contribution in [0.4, 0.5) is 0 Å².